The van der Waals surface area contributed by atoms with Gasteiger partial charge in [-0.2, -0.15) is 0 Å². The van der Waals surface area contributed by atoms with E-state index in [1.54, 1.807) is 0 Å². The van der Waals surface area contributed by atoms with Crippen molar-refractivity contribution in [1.29, 1.82) is 0 Å². The van der Waals surface area contributed by atoms with Crippen LogP contribution in [-0.2, 0) is 21.3 Å². The zero-order chi connectivity index (χ0) is 9.64. The van der Waals surface area contributed by atoms with Crippen LogP contribution in [0.3, 0.4) is 0 Å². The van der Waals surface area contributed by atoms with E-state index in [0.717, 1.165) is 21.2 Å². The maximum Gasteiger partial charge on any atom is 0.158 e. The Kier molecular flexibility index (Phi) is 2.00. The van der Waals surface area contributed by atoms with Gasteiger partial charge in [-0.3, -0.25) is 0 Å². The van der Waals surface area contributed by atoms with E-state index >= 15 is 0 Å². The second-order valence-electron chi connectivity index (χ2n) is 3.40. The molecule has 0 saturated carbocycles. The van der Waals surface area contributed by atoms with Crippen molar-refractivity contribution in [1.82, 2.24) is 0 Å². The Hall–Kier alpha value is -0.350. The number of halogens is 1. The van der Waals surface area contributed by atoms with Crippen LogP contribution in [0.4, 0.5) is 0 Å². The van der Waals surface area contributed by atoms with Gasteiger partial charge in [0.15, 0.2) is 9.84 Å². The minimum Gasteiger partial charge on any atom is -0.228 e. The van der Waals surface area contributed by atoms with E-state index in [2.05, 4.69) is 15.9 Å². The van der Waals surface area contributed by atoms with E-state index in [4.69, 9.17) is 0 Å². The van der Waals surface area contributed by atoms with Gasteiger partial charge in [-0.05, 0) is 29.7 Å². The highest BCUT2D eigenvalue weighted by Gasteiger charge is 2.24. The molecule has 2 nitrogen and oxygen atoms in total. The third-order valence-corrected chi connectivity index (χ3v) is 4.59. The molecule has 2 rings (SSSR count). The first-order valence-corrected chi connectivity index (χ1v) is 6.58. The fourth-order valence-electron chi connectivity index (χ4n) is 1.58. The van der Waals surface area contributed by atoms with Gasteiger partial charge in [0.25, 0.3) is 0 Å². The summed E-state index contributed by atoms with van der Waals surface area (Å²) in [4.78, 5) is 0. The maximum absolute atomic E-state index is 11.3. The summed E-state index contributed by atoms with van der Waals surface area (Å²) in [5.74, 6) is 0.400. The van der Waals surface area contributed by atoms with Gasteiger partial charge in [0.1, 0.15) is 0 Å². The average molecular weight is 261 g/mol. The molecule has 0 aliphatic carbocycles. The standard InChI is InChI=1S/C9H9BrO2S/c1-6-2-7-4-13(11,12)5-8(7)3-9(6)10/h2-3H,4-5H2,1H3. The lowest BCUT2D eigenvalue weighted by Crippen LogP contribution is -1.95. The number of benzene rings is 1. The fraction of sp³-hybridized carbons (Fsp3) is 0.333. The minimum atomic E-state index is -2.86. The minimum absolute atomic E-state index is 0.196. The van der Waals surface area contributed by atoms with Crippen molar-refractivity contribution >= 4 is 25.8 Å². The summed E-state index contributed by atoms with van der Waals surface area (Å²) in [7, 11) is -2.86. The van der Waals surface area contributed by atoms with E-state index in [9.17, 15) is 8.42 Å². The molecule has 0 spiro atoms. The van der Waals surface area contributed by atoms with E-state index in [0.29, 0.717) is 0 Å². The molecule has 0 N–H and O–H groups in total. The van der Waals surface area contributed by atoms with Gasteiger partial charge in [-0.15, -0.1) is 0 Å². The van der Waals surface area contributed by atoms with Crippen molar-refractivity contribution in [3.05, 3.63) is 33.3 Å². The molecular weight excluding hydrogens is 252 g/mol. The Morgan fingerprint density at radius 2 is 1.77 bits per heavy atom. The van der Waals surface area contributed by atoms with Gasteiger partial charge in [0.2, 0.25) is 0 Å². The van der Waals surface area contributed by atoms with Gasteiger partial charge in [-0.1, -0.05) is 22.0 Å². The second kappa shape index (κ2) is 2.82. The Balaban J connectivity index is 2.60. The molecule has 13 heavy (non-hydrogen) atoms. The molecule has 1 aromatic rings. The number of hydrogen-bond acceptors (Lipinski definition) is 2. The number of aryl methyl sites for hydroxylation is 1. The molecule has 0 saturated heterocycles. The first-order valence-electron chi connectivity index (χ1n) is 3.96. The molecule has 1 heterocycles. The maximum atomic E-state index is 11.3. The molecule has 1 aromatic carbocycles. The summed E-state index contributed by atoms with van der Waals surface area (Å²) >= 11 is 3.39. The van der Waals surface area contributed by atoms with Crippen LogP contribution in [-0.4, -0.2) is 8.42 Å². The highest BCUT2D eigenvalue weighted by atomic mass is 79.9. The highest BCUT2D eigenvalue weighted by Crippen LogP contribution is 2.29. The van der Waals surface area contributed by atoms with Crippen molar-refractivity contribution < 1.29 is 8.42 Å². The van der Waals surface area contributed by atoms with E-state index < -0.39 is 9.84 Å². The van der Waals surface area contributed by atoms with Gasteiger partial charge in [0, 0.05) is 4.47 Å². The first kappa shape index (κ1) is 9.21. The molecule has 0 radical (unpaired) electrons. The zero-order valence-corrected chi connectivity index (χ0v) is 9.57. The summed E-state index contributed by atoms with van der Waals surface area (Å²) in [6.45, 7) is 1.97. The summed E-state index contributed by atoms with van der Waals surface area (Å²) < 4.78 is 23.6. The summed E-state index contributed by atoms with van der Waals surface area (Å²) in [6, 6.07) is 3.86. The normalized spacial score (nSPS) is 18.6. The molecule has 1 aliphatic heterocycles. The van der Waals surface area contributed by atoms with Crippen LogP contribution in [0.25, 0.3) is 0 Å². The van der Waals surface area contributed by atoms with Crippen LogP contribution < -0.4 is 0 Å². The molecular formula is C9H9BrO2S. The van der Waals surface area contributed by atoms with Crippen molar-refractivity contribution in [2.24, 2.45) is 0 Å². The van der Waals surface area contributed by atoms with Crippen molar-refractivity contribution in [3.8, 4) is 0 Å². The summed E-state index contributed by atoms with van der Waals surface area (Å²) in [6.07, 6.45) is 0. The van der Waals surface area contributed by atoms with Crippen molar-refractivity contribution in [3.63, 3.8) is 0 Å². The van der Waals surface area contributed by atoms with Gasteiger partial charge in [0.05, 0.1) is 11.5 Å². The fourth-order valence-corrected chi connectivity index (χ4v) is 3.55. The van der Waals surface area contributed by atoms with Crippen LogP contribution in [0.5, 0.6) is 0 Å². The lowest BCUT2D eigenvalue weighted by atomic mass is 10.1. The molecule has 0 fully saturated rings. The molecule has 0 unspecified atom stereocenters. The molecule has 4 heteroatoms. The number of rotatable bonds is 0. The van der Waals surface area contributed by atoms with Gasteiger partial charge < -0.3 is 0 Å². The highest BCUT2D eigenvalue weighted by molar-refractivity contribution is 9.10. The Morgan fingerprint density at radius 3 is 2.38 bits per heavy atom. The van der Waals surface area contributed by atoms with Crippen LogP contribution >= 0.6 is 15.9 Å². The average Bonchev–Trinajstić information content (AvgIpc) is 2.24. The second-order valence-corrected chi connectivity index (χ2v) is 6.32. The Bertz CT molecular complexity index is 426. The Morgan fingerprint density at radius 1 is 1.23 bits per heavy atom. The predicted octanol–water partition coefficient (Wildman–Crippen LogP) is 2.19. The molecule has 0 amide bonds. The smallest absolute Gasteiger partial charge is 0.158 e. The van der Waals surface area contributed by atoms with E-state index in [1.807, 2.05) is 19.1 Å². The molecule has 0 aromatic heterocycles. The monoisotopic (exact) mass is 260 g/mol. The van der Waals surface area contributed by atoms with Crippen LogP contribution in [0.1, 0.15) is 16.7 Å². The zero-order valence-electron chi connectivity index (χ0n) is 7.17. The summed E-state index contributed by atoms with van der Waals surface area (Å²) in [5, 5.41) is 0. The van der Waals surface area contributed by atoms with E-state index in [1.165, 1.54) is 0 Å². The van der Waals surface area contributed by atoms with Crippen LogP contribution in [0.15, 0.2) is 16.6 Å². The third kappa shape index (κ3) is 1.65. The Labute approximate surface area is 86.0 Å². The topological polar surface area (TPSA) is 34.1 Å². The first-order chi connectivity index (χ1) is 5.98. The third-order valence-electron chi connectivity index (χ3n) is 2.23. The summed E-state index contributed by atoms with van der Waals surface area (Å²) in [5.41, 5.74) is 2.99. The van der Waals surface area contributed by atoms with Crippen molar-refractivity contribution in [2.75, 3.05) is 0 Å². The lowest BCUT2D eigenvalue weighted by molar-refractivity contribution is 0.598. The number of fused-ring (bicyclic) bond motifs is 1. The number of sulfone groups is 1. The van der Waals surface area contributed by atoms with Crippen molar-refractivity contribution in [2.45, 2.75) is 18.4 Å². The van der Waals surface area contributed by atoms with Gasteiger partial charge >= 0.3 is 0 Å². The SMILES string of the molecule is Cc1cc2c(cc1Br)CS(=O)(=O)C2. The molecule has 0 bridgehead atoms. The van der Waals surface area contributed by atoms with Gasteiger partial charge in [-0.25, -0.2) is 8.42 Å². The van der Waals surface area contributed by atoms with E-state index in [-0.39, 0.29) is 11.5 Å². The molecule has 70 valence electrons. The molecule has 1 aliphatic rings. The van der Waals surface area contributed by atoms with Crippen LogP contribution in [0.2, 0.25) is 0 Å². The predicted molar refractivity (Wildman–Crippen MR) is 55.2 cm³/mol. The lowest BCUT2D eigenvalue weighted by Gasteiger charge is -2.01. The van der Waals surface area contributed by atoms with Crippen LogP contribution in [0, 0.1) is 6.92 Å². The number of hydrogen-bond donors (Lipinski definition) is 0. The molecule has 0 atom stereocenters. The largest absolute Gasteiger partial charge is 0.228 e. The quantitative estimate of drug-likeness (QED) is 0.717.